The van der Waals surface area contributed by atoms with Gasteiger partial charge in [-0.2, -0.15) is 0 Å². The van der Waals surface area contributed by atoms with Crippen molar-refractivity contribution in [2.24, 2.45) is 0 Å². The topological polar surface area (TPSA) is 63.6 Å². The molecule has 150 valence electrons. The van der Waals surface area contributed by atoms with Crippen LogP contribution in [0.3, 0.4) is 0 Å². The molecule has 1 heterocycles. The van der Waals surface area contributed by atoms with Crippen molar-refractivity contribution in [3.8, 4) is 5.75 Å². The van der Waals surface area contributed by atoms with E-state index in [1.54, 1.807) is 0 Å². The third-order valence-corrected chi connectivity index (χ3v) is 5.83. The van der Waals surface area contributed by atoms with Crippen molar-refractivity contribution in [1.82, 2.24) is 0 Å². The molecule has 1 N–H and O–H groups in total. The maximum atomic E-state index is 12.6. The van der Waals surface area contributed by atoms with Gasteiger partial charge in [-0.15, -0.1) is 11.3 Å². The Bertz CT molecular complexity index is 896. The van der Waals surface area contributed by atoms with E-state index in [1.165, 1.54) is 25.2 Å². The number of thiophene rings is 1. The molecule has 0 unspecified atom stereocenters. The van der Waals surface area contributed by atoms with Gasteiger partial charge in [-0.25, -0.2) is 4.79 Å². The highest BCUT2D eigenvalue weighted by Gasteiger charge is 2.30. The van der Waals surface area contributed by atoms with Crippen LogP contribution in [0.1, 0.15) is 64.0 Å². The minimum atomic E-state index is -1.30. The van der Waals surface area contributed by atoms with Gasteiger partial charge in [-0.3, -0.25) is 4.79 Å². The normalized spacial score (nSPS) is 11.8. The molecule has 0 aliphatic carbocycles. The SMILES string of the molecule is C/C=C\c1sc(C(=O)CCc2cc(C)c(OC(C)(C)C(=O)O)c(C)c2)cc1C. The van der Waals surface area contributed by atoms with Gasteiger partial charge in [-0.1, -0.05) is 18.2 Å². The summed E-state index contributed by atoms with van der Waals surface area (Å²) in [6.07, 6.45) is 5.09. The number of aliphatic carboxylic acids is 1. The van der Waals surface area contributed by atoms with Gasteiger partial charge in [0.25, 0.3) is 0 Å². The van der Waals surface area contributed by atoms with Gasteiger partial charge in [-0.05, 0) is 82.4 Å². The molecule has 0 amide bonds. The van der Waals surface area contributed by atoms with Crippen molar-refractivity contribution < 1.29 is 19.4 Å². The van der Waals surface area contributed by atoms with Gasteiger partial charge in [0.1, 0.15) is 5.75 Å². The molecular formula is C23H28O4S. The first kappa shape index (κ1) is 21.9. The molecule has 0 saturated heterocycles. The Balaban J connectivity index is 2.12. The largest absolute Gasteiger partial charge is 0.478 e. The molecular weight excluding hydrogens is 372 g/mol. The van der Waals surface area contributed by atoms with Gasteiger partial charge in [0.2, 0.25) is 0 Å². The Kier molecular flexibility index (Phi) is 6.83. The summed E-state index contributed by atoms with van der Waals surface area (Å²) < 4.78 is 5.74. The molecule has 0 fully saturated rings. The number of rotatable bonds is 8. The zero-order valence-electron chi connectivity index (χ0n) is 17.4. The summed E-state index contributed by atoms with van der Waals surface area (Å²) >= 11 is 1.53. The predicted molar refractivity (Wildman–Crippen MR) is 115 cm³/mol. The number of allylic oxidation sites excluding steroid dienone is 1. The van der Waals surface area contributed by atoms with Gasteiger partial charge in [0.15, 0.2) is 11.4 Å². The van der Waals surface area contributed by atoms with Crippen molar-refractivity contribution in [3.05, 3.63) is 56.3 Å². The van der Waals surface area contributed by atoms with Gasteiger partial charge < -0.3 is 9.84 Å². The van der Waals surface area contributed by atoms with Crippen LogP contribution in [0.4, 0.5) is 0 Å². The highest BCUT2D eigenvalue weighted by Crippen LogP contribution is 2.30. The van der Waals surface area contributed by atoms with E-state index in [4.69, 9.17) is 4.74 Å². The fourth-order valence-corrected chi connectivity index (χ4v) is 4.09. The standard InChI is InChI=1S/C23H28O4S/c1-7-8-19-14(2)13-20(28-19)18(24)10-9-17-11-15(3)21(16(4)12-17)27-23(5,6)22(25)26/h7-8,11-13H,9-10H2,1-6H3,(H,25,26)/b8-7-. The summed E-state index contributed by atoms with van der Waals surface area (Å²) in [6, 6.07) is 5.90. The summed E-state index contributed by atoms with van der Waals surface area (Å²) in [5, 5.41) is 9.28. The molecule has 0 spiro atoms. The van der Waals surface area contributed by atoms with Crippen molar-refractivity contribution >= 4 is 29.2 Å². The molecule has 2 rings (SSSR count). The van der Waals surface area contributed by atoms with Gasteiger partial charge in [0.05, 0.1) is 4.88 Å². The average molecular weight is 401 g/mol. The Labute approximate surface area is 170 Å². The van der Waals surface area contributed by atoms with Crippen LogP contribution in [0.5, 0.6) is 5.75 Å². The number of carboxylic acid groups (broad SMARTS) is 1. The van der Waals surface area contributed by atoms with E-state index in [-0.39, 0.29) is 5.78 Å². The number of hydrogen-bond acceptors (Lipinski definition) is 4. The van der Waals surface area contributed by atoms with Crippen LogP contribution in [0.2, 0.25) is 0 Å². The molecule has 2 aromatic rings. The lowest BCUT2D eigenvalue weighted by molar-refractivity contribution is -0.152. The molecule has 1 aromatic heterocycles. The van der Waals surface area contributed by atoms with E-state index in [0.717, 1.165) is 32.0 Å². The summed E-state index contributed by atoms with van der Waals surface area (Å²) in [7, 11) is 0. The monoisotopic (exact) mass is 400 g/mol. The molecule has 0 aliphatic heterocycles. The van der Waals surface area contributed by atoms with E-state index in [0.29, 0.717) is 18.6 Å². The lowest BCUT2D eigenvalue weighted by Gasteiger charge is -2.24. The summed E-state index contributed by atoms with van der Waals surface area (Å²) in [5.74, 6) is -0.275. The molecule has 4 nitrogen and oxygen atoms in total. The number of carbonyl (C=O) groups is 2. The van der Waals surface area contributed by atoms with Crippen molar-refractivity contribution in [2.45, 2.75) is 60.0 Å². The Morgan fingerprint density at radius 1 is 1.11 bits per heavy atom. The lowest BCUT2D eigenvalue weighted by Crippen LogP contribution is -2.38. The second-order valence-corrected chi connectivity index (χ2v) is 8.64. The second-order valence-electron chi connectivity index (χ2n) is 7.56. The molecule has 0 radical (unpaired) electrons. The van der Waals surface area contributed by atoms with Crippen molar-refractivity contribution in [1.29, 1.82) is 0 Å². The number of aryl methyl sites for hydroxylation is 4. The zero-order valence-corrected chi connectivity index (χ0v) is 18.2. The van der Waals surface area contributed by atoms with Crippen LogP contribution in [0.15, 0.2) is 24.3 Å². The first-order valence-corrected chi connectivity index (χ1v) is 10.2. The van der Waals surface area contributed by atoms with E-state index in [1.807, 2.05) is 58.0 Å². The van der Waals surface area contributed by atoms with Crippen LogP contribution in [0.25, 0.3) is 6.08 Å². The molecule has 0 saturated carbocycles. The average Bonchev–Trinajstić information content (AvgIpc) is 2.97. The van der Waals surface area contributed by atoms with E-state index < -0.39 is 11.6 Å². The third kappa shape index (κ3) is 5.10. The van der Waals surface area contributed by atoms with Crippen LogP contribution in [-0.4, -0.2) is 22.5 Å². The third-order valence-electron chi connectivity index (χ3n) is 4.58. The van der Waals surface area contributed by atoms with Gasteiger partial charge in [0, 0.05) is 11.3 Å². The second kappa shape index (κ2) is 8.74. The lowest BCUT2D eigenvalue weighted by atomic mass is 10.00. The molecule has 0 atom stereocenters. The summed E-state index contributed by atoms with van der Waals surface area (Å²) in [6.45, 7) is 10.9. The predicted octanol–water partition coefficient (Wildman–Crippen LogP) is 5.76. The van der Waals surface area contributed by atoms with Crippen LogP contribution >= 0.6 is 11.3 Å². The van der Waals surface area contributed by atoms with E-state index in [2.05, 4.69) is 0 Å². The Morgan fingerprint density at radius 2 is 1.71 bits per heavy atom. The Morgan fingerprint density at radius 3 is 2.25 bits per heavy atom. The number of benzene rings is 1. The molecule has 0 aliphatic rings. The number of carboxylic acids is 1. The number of hydrogen-bond donors (Lipinski definition) is 1. The maximum Gasteiger partial charge on any atom is 0.347 e. The zero-order chi connectivity index (χ0) is 21.1. The van der Waals surface area contributed by atoms with Gasteiger partial charge >= 0.3 is 5.97 Å². The Hall–Kier alpha value is -2.40. The van der Waals surface area contributed by atoms with Crippen molar-refractivity contribution in [2.75, 3.05) is 0 Å². The fraction of sp³-hybridized carbons (Fsp3) is 0.391. The number of carbonyl (C=O) groups excluding carboxylic acids is 1. The molecule has 5 heteroatoms. The van der Waals surface area contributed by atoms with Crippen LogP contribution in [-0.2, 0) is 11.2 Å². The highest BCUT2D eigenvalue weighted by molar-refractivity contribution is 7.15. The van der Waals surface area contributed by atoms with Crippen molar-refractivity contribution in [3.63, 3.8) is 0 Å². The first-order valence-electron chi connectivity index (χ1n) is 9.34. The van der Waals surface area contributed by atoms with E-state index >= 15 is 0 Å². The molecule has 28 heavy (non-hydrogen) atoms. The molecule has 0 bridgehead atoms. The minimum Gasteiger partial charge on any atom is -0.478 e. The first-order chi connectivity index (χ1) is 13.0. The van der Waals surface area contributed by atoms with Crippen LogP contribution in [0, 0.1) is 20.8 Å². The van der Waals surface area contributed by atoms with E-state index in [9.17, 15) is 14.7 Å². The fourth-order valence-electron chi connectivity index (χ4n) is 2.98. The minimum absolute atomic E-state index is 0.145. The summed E-state index contributed by atoms with van der Waals surface area (Å²) in [4.78, 5) is 25.8. The number of ketones is 1. The maximum absolute atomic E-state index is 12.6. The number of ether oxygens (including phenoxy) is 1. The smallest absolute Gasteiger partial charge is 0.347 e. The quantitative estimate of drug-likeness (QED) is 0.572. The molecule has 1 aromatic carbocycles. The highest BCUT2D eigenvalue weighted by atomic mass is 32.1. The number of Topliss-reactive ketones (excluding diaryl/α,β-unsaturated/α-hetero) is 1. The van der Waals surface area contributed by atoms with Crippen LogP contribution < -0.4 is 4.74 Å². The summed E-state index contributed by atoms with van der Waals surface area (Å²) in [5.41, 5.74) is 2.62.